The number of hydrogen-bond donors (Lipinski definition) is 1. The van der Waals surface area contributed by atoms with Crippen molar-refractivity contribution in [2.24, 2.45) is 0 Å². The number of aromatic nitrogens is 1. The van der Waals surface area contributed by atoms with Gasteiger partial charge in [0, 0.05) is 21.9 Å². The van der Waals surface area contributed by atoms with Gasteiger partial charge in [-0.15, -0.1) is 0 Å². The van der Waals surface area contributed by atoms with Crippen molar-refractivity contribution in [3.05, 3.63) is 84.9 Å². The number of para-hydroxylation sites is 1. The highest BCUT2D eigenvalue weighted by Crippen LogP contribution is 2.39. The van der Waals surface area contributed by atoms with Crippen molar-refractivity contribution in [3.63, 3.8) is 0 Å². The molecule has 4 nitrogen and oxygen atoms in total. The third-order valence-corrected chi connectivity index (χ3v) is 4.76. The van der Waals surface area contributed by atoms with Crippen LogP contribution in [0.25, 0.3) is 44.5 Å². The van der Waals surface area contributed by atoms with Crippen LogP contribution in [0.15, 0.2) is 89.3 Å². The van der Waals surface area contributed by atoms with Gasteiger partial charge < -0.3 is 14.1 Å². The van der Waals surface area contributed by atoms with Crippen molar-refractivity contribution < 1.29 is 14.1 Å². The van der Waals surface area contributed by atoms with Gasteiger partial charge in [-0.1, -0.05) is 60.7 Å². The molecule has 0 amide bonds. The van der Waals surface area contributed by atoms with Gasteiger partial charge in [-0.05, 0) is 24.3 Å². The molecule has 2 heterocycles. The molecule has 0 bridgehead atoms. The number of rotatable bonds is 4. The van der Waals surface area contributed by atoms with E-state index in [-0.39, 0.29) is 0 Å². The van der Waals surface area contributed by atoms with Crippen LogP contribution < -0.4 is 4.65 Å². The van der Waals surface area contributed by atoms with Crippen LogP contribution in [0.2, 0.25) is 0 Å². The molecule has 3 aromatic carbocycles. The smallest absolute Gasteiger partial charge is 0.535 e. The van der Waals surface area contributed by atoms with Gasteiger partial charge in [0.1, 0.15) is 11.3 Å². The molecule has 0 atom stereocenters. The van der Waals surface area contributed by atoms with E-state index >= 15 is 0 Å². The molecule has 133 valence electrons. The molecule has 0 fully saturated rings. The van der Waals surface area contributed by atoms with E-state index < -0.39 is 0 Å². The highest BCUT2D eigenvalue weighted by molar-refractivity contribution is 6.19. The standard InChI is InChI=1S/C23H15BNO3/c26-24-28-21-14-5-10-17-22-16(9-4-13-20(22)27-23(17)21)19-12-6-11-18(25-19)15-7-2-1-3-8-15/h1-14,26H. The van der Waals surface area contributed by atoms with Crippen LogP contribution in [0.4, 0.5) is 0 Å². The number of pyridine rings is 1. The lowest BCUT2D eigenvalue weighted by molar-refractivity contribution is 0.451. The molecule has 0 aliphatic heterocycles. The summed E-state index contributed by atoms with van der Waals surface area (Å²) in [4.78, 5) is 4.89. The molecule has 1 radical (unpaired) electrons. The zero-order chi connectivity index (χ0) is 18.9. The summed E-state index contributed by atoms with van der Waals surface area (Å²) in [5, 5.41) is 10.9. The molecular formula is C23H15BNO3. The largest absolute Gasteiger partial charge is 0.569 e. The fraction of sp³-hybridized carbons (Fsp3) is 0. The summed E-state index contributed by atoms with van der Waals surface area (Å²) in [6.45, 7) is 0. The minimum absolute atomic E-state index is 0.466. The Balaban J connectivity index is 1.74. The molecule has 0 unspecified atom stereocenters. The molecule has 0 aliphatic carbocycles. The van der Waals surface area contributed by atoms with Crippen LogP contribution in [0.3, 0.4) is 0 Å². The third kappa shape index (κ3) is 2.73. The van der Waals surface area contributed by atoms with E-state index in [0.29, 0.717) is 19.0 Å². The number of benzene rings is 3. The number of furan rings is 1. The highest BCUT2D eigenvalue weighted by Gasteiger charge is 2.16. The number of fused-ring (bicyclic) bond motifs is 3. The van der Waals surface area contributed by atoms with E-state index in [9.17, 15) is 0 Å². The third-order valence-electron chi connectivity index (χ3n) is 4.76. The predicted molar refractivity (Wildman–Crippen MR) is 111 cm³/mol. The Morgan fingerprint density at radius 3 is 2.43 bits per heavy atom. The van der Waals surface area contributed by atoms with E-state index in [2.05, 4.69) is 12.1 Å². The monoisotopic (exact) mass is 364 g/mol. The Morgan fingerprint density at radius 2 is 1.57 bits per heavy atom. The maximum absolute atomic E-state index is 9.03. The second-order valence-corrected chi connectivity index (χ2v) is 6.41. The molecule has 1 N–H and O–H groups in total. The minimum atomic E-state index is 0.466. The Bertz CT molecular complexity index is 1280. The molecule has 0 aliphatic rings. The van der Waals surface area contributed by atoms with E-state index in [1.807, 2.05) is 66.7 Å². The summed E-state index contributed by atoms with van der Waals surface area (Å²) in [7, 11) is 0.660. The zero-order valence-corrected chi connectivity index (χ0v) is 14.9. The van der Waals surface area contributed by atoms with E-state index in [4.69, 9.17) is 19.1 Å². The maximum Gasteiger partial charge on any atom is 0.569 e. The molecule has 28 heavy (non-hydrogen) atoms. The Labute approximate surface area is 162 Å². The Kier molecular flexibility index (Phi) is 4.07. The van der Waals surface area contributed by atoms with Crippen molar-refractivity contribution in [2.75, 3.05) is 0 Å². The fourth-order valence-corrected chi connectivity index (χ4v) is 3.54. The van der Waals surface area contributed by atoms with Crippen molar-refractivity contribution in [1.82, 2.24) is 4.98 Å². The summed E-state index contributed by atoms with van der Waals surface area (Å²) < 4.78 is 11.2. The maximum atomic E-state index is 9.03. The van der Waals surface area contributed by atoms with E-state index in [1.54, 1.807) is 6.07 Å². The second-order valence-electron chi connectivity index (χ2n) is 6.41. The molecule has 0 spiro atoms. The van der Waals surface area contributed by atoms with Crippen LogP contribution in [0.5, 0.6) is 5.75 Å². The Hall–Kier alpha value is -3.57. The van der Waals surface area contributed by atoms with Crippen molar-refractivity contribution >= 4 is 29.6 Å². The summed E-state index contributed by atoms with van der Waals surface area (Å²) in [6, 6.07) is 27.7. The Morgan fingerprint density at radius 1 is 0.786 bits per heavy atom. The lowest BCUT2D eigenvalue weighted by Crippen LogP contribution is -1.99. The number of nitrogens with zero attached hydrogens (tertiary/aromatic N) is 1. The first-order valence-corrected chi connectivity index (χ1v) is 8.95. The SMILES string of the molecule is O[B]Oc1cccc2c1oc1cccc(-c3cccc(-c4ccccc4)n3)c12. The van der Waals surface area contributed by atoms with Gasteiger partial charge >= 0.3 is 7.69 Å². The molecule has 5 heteroatoms. The van der Waals surface area contributed by atoms with Gasteiger partial charge in [-0.3, -0.25) is 0 Å². The zero-order valence-electron chi connectivity index (χ0n) is 14.9. The molecule has 0 saturated heterocycles. The second kappa shape index (κ2) is 6.87. The lowest BCUT2D eigenvalue weighted by atomic mass is 10.0. The lowest BCUT2D eigenvalue weighted by Gasteiger charge is -2.06. The fourth-order valence-electron chi connectivity index (χ4n) is 3.54. The summed E-state index contributed by atoms with van der Waals surface area (Å²) in [5.41, 5.74) is 5.18. The molecular weight excluding hydrogens is 349 g/mol. The molecule has 2 aromatic heterocycles. The number of hydrogen-bond acceptors (Lipinski definition) is 4. The van der Waals surface area contributed by atoms with Crippen LogP contribution in [-0.2, 0) is 0 Å². The highest BCUT2D eigenvalue weighted by atomic mass is 16.5. The molecule has 5 aromatic rings. The topological polar surface area (TPSA) is 55.5 Å². The van der Waals surface area contributed by atoms with Gasteiger partial charge in [0.25, 0.3) is 0 Å². The molecule has 0 saturated carbocycles. The van der Waals surface area contributed by atoms with Gasteiger partial charge in [0.05, 0.1) is 11.4 Å². The van der Waals surface area contributed by atoms with Crippen LogP contribution in [0.1, 0.15) is 0 Å². The normalized spacial score (nSPS) is 11.0. The summed E-state index contributed by atoms with van der Waals surface area (Å²) in [5.74, 6) is 0.466. The summed E-state index contributed by atoms with van der Waals surface area (Å²) >= 11 is 0. The van der Waals surface area contributed by atoms with E-state index in [0.717, 1.165) is 38.9 Å². The van der Waals surface area contributed by atoms with Gasteiger partial charge in [-0.2, -0.15) is 0 Å². The van der Waals surface area contributed by atoms with Crippen LogP contribution >= 0.6 is 0 Å². The first-order valence-electron chi connectivity index (χ1n) is 8.95. The van der Waals surface area contributed by atoms with Crippen molar-refractivity contribution in [2.45, 2.75) is 0 Å². The van der Waals surface area contributed by atoms with Crippen molar-refractivity contribution in [1.29, 1.82) is 0 Å². The quantitative estimate of drug-likeness (QED) is 0.444. The first kappa shape index (κ1) is 16.6. The van der Waals surface area contributed by atoms with Crippen LogP contribution in [-0.4, -0.2) is 17.7 Å². The molecule has 5 rings (SSSR count). The van der Waals surface area contributed by atoms with Gasteiger partial charge in [0.15, 0.2) is 5.58 Å². The van der Waals surface area contributed by atoms with Crippen molar-refractivity contribution in [3.8, 4) is 28.3 Å². The minimum Gasteiger partial charge on any atom is -0.535 e. The van der Waals surface area contributed by atoms with Gasteiger partial charge in [-0.25, -0.2) is 4.98 Å². The first-order chi connectivity index (χ1) is 13.8. The average molecular weight is 364 g/mol. The summed E-state index contributed by atoms with van der Waals surface area (Å²) in [6.07, 6.45) is 0. The van der Waals surface area contributed by atoms with Gasteiger partial charge in [0.2, 0.25) is 0 Å². The predicted octanol–water partition coefficient (Wildman–Crippen LogP) is 5.22. The van der Waals surface area contributed by atoms with Crippen LogP contribution in [0, 0.1) is 0 Å². The van der Waals surface area contributed by atoms with E-state index in [1.165, 1.54) is 0 Å². The average Bonchev–Trinajstić information content (AvgIpc) is 3.15.